The maximum Gasteiger partial charge on any atom is 0.262 e. The lowest BCUT2D eigenvalue weighted by atomic mass is 10.2. The van der Waals surface area contributed by atoms with Gasteiger partial charge in [0.1, 0.15) is 11.5 Å². The number of anilines is 1. The molecule has 0 saturated heterocycles. The minimum atomic E-state index is -0.183. The number of ether oxygens (including phenoxy) is 2. The summed E-state index contributed by atoms with van der Waals surface area (Å²) in [4.78, 5) is 32.4. The first kappa shape index (κ1) is 24.1. The van der Waals surface area contributed by atoms with Gasteiger partial charge in [0, 0.05) is 19.0 Å². The van der Waals surface area contributed by atoms with Gasteiger partial charge in [0.2, 0.25) is 11.9 Å². The average molecular weight is 495 g/mol. The van der Waals surface area contributed by atoms with Crippen molar-refractivity contribution in [2.45, 2.75) is 32.2 Å². The Kier molecular flexibility index (Phi) is 7.56. The van der Waals surface area contributed by atoms with E-state index in [9.17, 15) is 9.59 Å². The van der Waals surface area contributed by atoms with Crippen LogP contribution in [0.2, 0.25) is 0 Å². The van der Waals surface area contributed by atoms with Crippen LogP contribution in [0.15, 0.2) is 47.3 Å². The lowest BCUT2D eigenvalue weighted by Gasteiger charge is -2.08. The normalized spacial score (nSPS) is 10.9. The zero-order valence-electron chi connectivity index (χ0n) is 19.5. The van der Waals surface area contributed by atoms with Gasteiger partial charge >= 0.3 is 0 Å². The molecule has 35 heavy (non-hydrogen) atoms. The Balaban J connectivity index is 1.27. The van der Waals surface area contributed by atoms with Gasteiger partial charge < -0.3 is 14.5 Å². The number of nitrogens with zero attached hydrogens (tertiary/aromatic N) is 3. The molecular formula is C24H26N6O4S. The fraction of sp³-hybridized carbons (Fsp3) is 0.292. The van der Waals surface area contributed by atoms with Crippen LogP contribution >= 0.6 is 12.2 Å². The number of carbonyl (C=O) groups excluding carboxylic acids is 1. The Hall–Kier alpha value is -3.99. The zero-order valence-corrected chi connectivity index (χ0v) is 20.3. The second-order valence-electron chi connectivity index (χ2n) is 7.87. The van der Waals surface area contributed by atoms with E-state index in [2.05, 4.69) is 25.5 Å². The first-order chi connectivity index (χ1) is 17.0. The first-order valence-corrected chi connectivity index (χ1v) is 11.6. The number of amides is 1. The number of aromatic amines is 2. The summed E-state index contributed by atoms with van der Waals surface area (Å²) in [7, 11) is 3.14. The quantitative estimate of drug-likeness (QED) is 0.224. The molecule has 182 valence electrons. The van der Waals surface area contributed by atoms with Gasteiger partial charge in [-0.25, -0.2) is 0 Å². The van der Waals surface area contributed by atoms with Crippen LogP contribution in [0, 0.1) is 4.77 Å². The maximum atomic E-state index is 12.7. The van der Waals surface area contributed by atoms with E-state index in [1.807, 2.05) is 18.2 Å². The van der Waals surface area contributed by atoms with E-state index in [1.54, 1.807) is 43.1 Å². The molecule has 4 aromatic rings. The summed E-state index contributed by atoms with van der Waals surface area (Å²) >= 11 is 5.34. The van der Waals surface area contributed by atoms with Crippen LogP contribution in [0.1, 0.15) is 25.7 Å². The molecule has 4 rings (SSSR count). The summed E-state index contributed by atoms with van der Waals surface area (Å²) in [6, 6.07) is 12.6. The highest BCUT2D eigenvalue weighted by atomic mass is 32.1. The van der Waals surface area contributed by atoms with Crippen LogP contribution in [0.4, 0.5) is 5.95 Å². The summed E-state index contributed by atoms with van der Waals surface area (Å²) in [6.07, 6.45) is 2.47. The van der Waals surface area contributed by atoms with Crippen molar-refractivity contribution in [2.75, 3.05) is 19.5 Å². The Morgan fingerprint density at radius 1 is 1.11 bits per heavy atom. The van der Waals surface area contributed by atoms with Gasteiger partial charge in [-0.2, -0.15) is 4.98 Å². The molecule has 10 nitrogen and oxygen atoms in total. The molecule has 0 bridgehead atoms. The van der Waals surface area contributed by atoms with Gasteiger partial charge in [-0.3, -0.25) is 24.6 Å². The van der Waals surface area contributed by atoms with E-state index >= 15 is 0 Å². The number of hydrogen-bond donors (Lipinski definition) is 3. The SMILES string of the molecule is COc1ccc(-c2nc(NC(=O)CCCCCn3c(=S)[nH]c4ccccc4c3=O)n[nH]2)c(OC)c1. The Morgan fingerprint density at radius 3 is 2.74 bits per heavy atom. The monoisotopic (exact) mass is 494 g/mol. The molecule has 11 heteroatoms. The summed E-state index contributed by atoms with van der Waals surface area (Å²) in [5, 5.41) is 10.2. The summed E-state index contributed by atoms with van der Waals surface area (Å²) in [6.45, 7) is 0.495. The molecule has 1 amide bonds. The maximum absolute atomic E-state index is 12.7. The molecule has 2 aromatic carbocycles. The van der Waals surface area contributed by atoms with Crippen LogP contribution in [-0.4, -0.2) is 44.9 Å². The van der Waals surface area contributed by atoms with Crippen LogP contribution in [0.5, 0.6) is 11.5 Å². The molecule has 2 aromatic heterocycles. The van der Waals surface area contributed by atoms with E-state index in [4.69, 9.17) is 21.7 Å². The van der Waals surface area contributed by atoms with Crippen molar-refractivity contribution in [3.63, 3.8) is 0 Å². The highest BCUT2D eigenvalue weighted by Gasteiger charge is 2.14. The molecule has 0 radical (unpaired) electrons. The van der Waals surface area contributed by atoms with Crippen molar-refractivity contribution in [2.24, 2.45) is 0 Å². The molecule has 0 saturated carbocycles. The Bertz CT molecular complexity index is 1460. The number of hydrogen-bond acceptors (Lipinski definition) is 7. The van der Waals surface area contributed by atoms with Gasteiger partial charge in [-0.1, -0.05) is 18.6 Å². The third-order valence-corrected chi connectivity index (χ3v) is 5.90. The second kappa shape index (κ2) is 11.0. The van der Waals surface area contributed by atoms with E-state index in [0.29, 0.717) is 52.4 Å². The number of unbranched alkanes of at least 4 members (excludes halogenated alkanes) is 2. The van der Waals surface area contributed by atoms with Crippen molar-refractivity contribution in [3.8, 4) is 22.9 Å². The number of para-hydroxylation sites is 1. The average Bonchev–Trinajstić information content (AvgIpc) is 3.33. The fourth-order valence-electron chi connectivity index (χ4n) is 3.75. The van der Waals surface area contributed by atoms with Gasteiger partial charge in [-0.05, 0) is 49.3 Å². The third-order valence-electron chi connectivity index (χ3n) is 5.58. The first-order valence-electron chi connectivity index (χ1n) is 11.2. The van der Waals surface area contributed by atoms with Crippen molar-refractivity contribution < 1.29 is 14.3 Å². The van der Waals surface area contributed by atoms with Gasteiger partial charge in [0.15, 0.2) is 10.6 Å². The molecule has 3 N–H and O–H groups in total. The summed E-state index contributed by atoms with van der Waals surface area (Å²) in [5.74, 6) is 1.71. The molecular weight excluding hydrogens is 468 g/mol. The molecule has 2 heterocycles. The van der Waals surface area contributed by atoms with Crippen LogP contribution in [0.25, 0.3) is 22.3 Å². The molecule has 0 fully saturated rings. The molecule has 0 aliphatic rings. The molecule has 0 aliphatic carbocycles. The fourth-order valence-corrected chi connectivity index (χ4v) is 4.04. The van der Waals surface area contributed by atoms with Crippen molar-refractivity contribution in [3.05, 3.63) is 57.6 Å². The number of nitrogens with one attached hydrogen (secondary N) is 3. The number of carbonyl (C=O) groups is 1. The number of rotatable bonds is 10. The second-order valence-corrected chi connectivity index (χ2v) is 8.25. The minimum absolute atomic E-state index is 0.101. The molecule has 0 unspecified atom stereocenters. The van der Waals surface area contributed by atoms with E-state index < -0.39 is 0 Å². The standard InChI is InChI=1S/C24H26N6O4S/c1-33-15-11-12-17(19(14-15)34-2)21-27-23(29-28-21)26-20(31)10-4-3-7-13-30-22(32)16-8-5-6-9-18(16)25-24(30)35/h5-6,8-9,11-12,14H,3-4,7,10,13H2,1-2H3,(H,25,35)(H2,26,27,28,29,31). The highest BCUT2D eigenvalue weighted by Crippen LogP contribution is 2.31. The van der Waals surface area contributed by atoms with E-state index in [1.165, 1.54) is 0 Å². The Labute approximate surface area is 206 Å². The minimum Gasteiger partial charge on any atom is -0.497 e. The number of benzene rings is 2. The van der Waals surface area contributed by atoms with Gasteiger partial charge in [0.25, 0.3) is 5.56 Å². The molecule has 0 aliphatic heterocycles. The summed E-state index contributed by atoms with van der Waals surface area (Å²) < 4.78 is 12.6. The van der Waals surface area contributed by atoms with Crippen molar-refractivity contribution in [1.29, 1.82) is 0 Å². The van der Waals surface area contributed by atoms with Crippen molar-refractivity contribution in [1.82, 2.24) is 24.7 Å². The van der Waals surface area contributed by atoms with Crippen LogP contribution in [0.3, 0.4) is 0 Å². The van der Waals surface area contributed by atoms with Crippen molar-refractivity contribution >= 4 is 35.0 Å². The number of methoxy groups -OCH3 is 2. The van der Waals surface area contributed by atoms with Gasteiger partial charge in [-0.15, -0.1) is 5.10 Å². The predicted molar refractivity (Wildman–Crippen MR) is 135 cm³/mol. The zero-order chi connectivity index (χ0) is 24.8. The Morgan fingerprint density at radius 2 is 1.94 bits per heavy atom. The largest absolute Gasteiger partial charge is 0.497 e. The number of aromatic nitrogens is 5. The number of fused-ring (bicyclic) bond motifs is 1. The van der Waals surface area contributed by atoms with Gasteiger partial charge in [0.05, 0.1) is 30.7 Å². The van der Waals surface area contributed by atoms with E-state index in [-0.39, 0.29) is 17.4 Å². The number of H-pyrrole nitrogens is 2. The van der Waals surface area contributed by atoms with E-state index in [0.717, 1.165) is 18.4 Å². The van der Waals surface area contributed by atoms with Crippen LogP contribution < -0.4 is 20.3 Å². The molecule has 0 atom stereocenters. The topological polar surface area (TPSA) is 127 Å². The van der Waals surface area contributed by atoms with Crippen LogP contribution in [-0.2, 0) is 11.3 Å². The highest BCUT2D eigenvalue weighted by molar-refractivity contribution is 7.71. The lowest BCUT2D eigenvalue weighted by Crippen LogP contribution is -2.22. The smallest absolute Gasteiger partial charge is 0.262 e. The molecule has 0 spiro atoms. The third kappa shape index (κ3) is 5.57. The summed E-state index contributed by atoms with van der Waals surface area (Å²) in [5.41, 5.74) is 1.33. The predicted octanol–water partition coefficient (Wildman–Crippen LogP) is 4.06. The lowest BCUT2D eigenvalue weighted by molar-refractivity contribution is -0.116.